The lowest BCUT2D eigenvalue weighted by Gasteiger charge is -2.09. The lowest BCUT2D eigenvalue weighted by atomic mass is 10.2. The average molecular weight is 291 g/mol. The predicted molar refractivity (Wildman–Crippen MR) is 76.1 cm³/mol. The van der Waals surface area contributed by atoms with Crippen molar-refractivity contribution in [2.24, 2.45) is 0 Å². The van der Waals surface area contributed by atoms with Crippen LogP contribution in [-0.4, -0.2) is 11.7 Å². The second-order valence-corrected chi connectivity index (χ2v) is 4.39. The van der Waals surface area contributed by atoms with Gasteiger partial charge in [-0.2, -0.15) is 0 Å². The predicted octanol–water partition coefficient (Wildman–Crippen LogP) is 3.40. The van der Waals surface area contributed by atoms with Crippen molar-refractivity contribution in [3.63, 3.8) is 0 Å². The van der Waals surface area contributed by atoms with Crippen molar-refractivity contribution in [1.29, 1.82) is 0 Å². The lowest BCUT2D eigenvalue weighted by Crippen LogP contribution is -1.98. The minimum Gasteiger partial charge on any atom is -0.488 e. The summed E-state index contributed by atoms with van der Waals surface area (Å²) in [7, 11) is 0. The van der Waals surface area contributed by atoms with Crippen molar-refractivity contribution in [2.45, 2.75) is 6.61 Å². The summed E-state index contributed by atoms with van der Waals surface area (Å²) in [6, 6.07) is 11.4. The van der Waals surface area contributed by atoms with Crippen LogP contribution in [0.15, 0.2) is 42.5 Å². The Balaban J connectivity index is 2.14. The zero-order valence-corrected chi connectivity index (χ0v) is 11.3. The van der Waals surface area contributed by atoms with Crippen molar-refractivity contribution in [1.82, 2.24) is 0 Å². The molecule has 0 unspecified atom stereocenters. The molecule has 0 aliphatic carbocycles. The van der Waals surface area contributed by atoms with Crippen LogP contribution in [0.3, 0.4) is 0 Å². The number of rotatable bonds is 3. The molecule has 0 saturated carbocycles. The van der Waals surface area contributed by atoms with Crippen molar-refractivity contribution in [3.05, 3.63) is 64.4 Å². The van der Waals surface area contributed by atoms with Gasteiger partial charge in [0.05, 0.1) is 10.6 Å². The molecule has 0 spiro atoms. The lowest BCUT2D eigenvalue weighted by molar-refractivity contribution is 0.305. The first-order valence-electron chi connectivity index (χ1n) is 5.96. The molecule has 4 heteroatoms. The Morgan fingerprint density at radius 3 is 2.75 bits per heavy atom. The molecule has 0 fully saturated rings. The third-order valence-corrected chi connectivity index (χ3v) is 2.94. The van der Waals surface area contributed by atoms with Crippen LogP contribution in [-0.2, 0) is 6.61 Å². The zero-order chi connectivity index (χ0) is 14.4. The molecule has 0 aliphatic heterocycles. The van der Waals surface area contributed by atoms with Crippen molar-refractivity contribution in [3.8, 4) is 17.6 Å². The molecule has 0 aromatic heterocycles. The fraction of sp³-hybridized carbons (Fsp3) is 0.125. The monoisotopic (exact) mass is 290 g/mol. The third kappa shape index (κ3) is 3.74. The fourth-order valence-electron chi connectivity index (χ4n) is 1.62. The van der Waals surface area contributed by atoms with Gasteiger partial charge in [-0.1, -0.05) is 41.6 Å². The molecule has 102 valence electrons. The van der Waals surface area contributed by atoms with E-state index < -0.39 is 0 Å². The second kappa shape index (κ2) is 6.95. The van der Waals surface area contributed by atoms with Crippen molar-refractivity contribution >= 4 is 11.6 Å². The number of benzene rings is 2. The van der Waals surface area contributed by atoms with E-state index in [2.05, 4.69) is 11.8 Å². The van der Waals surface area contributed by atoms with Gasteiger partial charge in [0.1, 0.15) is 24.8 Å². The van der Waals surface area contributed by atoms with E-state index in [1.165, 1.54) is 12.1 Å². The van der Waals surface area contributed by atoms with Gasteiger partial charge in [0.2, 0.25) is 0 Å². The first-order chi connectivity index (χ1) is 9.70. The standard InChI is InChI=1S/C16H12ClFO2/c17-15-10-14(18)8-7-13(15)11-20-16-6-2-1-4-12(16)5-3-9-19/h1-2,4,6-8,10,19H,9,11H2. The molecule has 0 radical (unpaired) electrons. The smallest absolute Gasteiger partial charge is 0.135 e. The van der Waals surface area contributed by atoms with E-state index in [9.17, 15) is 4.39 Å². The Morgan fingerprint density at radius 2 is 2.00 bits per heavy atom. The largest absolute Gasteiger partial charge is 0.488 e. The van der Waals surface area contributed by atoms with Crippen LogP contribution in [0.4, 0.5) is 4.39 Å². The molecule has 0 saturated heterocycles. The Bertz CT molecular complexity index is 659. The van der Waals surface area contributed by atoms with E-state index in [1.807, 2.05) is 12.1 Å². The summed E-state index contributed by atoms with van der Waals surface area (Å²) in [6.45, 7) is 0.00898. The van der Waals surface area contributed by atoms with Gasteiger partial charge in [0.15, 0.2) is 0 Å². The highest BCUT2D eigenvalue weighted by molar-refractivity contribution is 6.31. The highest BCUT2D eigenvalue weighted by Gasteiger charge is 2.05. The molecule has 2 nitrogen and oxygen atoms in total. The fourth-order valence-corrected chi connectivity index (χ4v) is 1.85. The van der Waals surface area contributed by atoms with Gasteiger partial charge in [-0.05, 0) is 24.3 Å². The van der Waals surface area contributed by atoms with E-state index >= 15 is 0 Å². The van der Waals surface area contributed by atoms with Crippen LogP contribution < -0.4 is 4.74 Å². The van der Waals surface area contributed by atoms with Crippen molar-refractivity contribution in [2.75, 3.05) is 6.61 Å². The molecule has 20 heavy (non-hydrogen) atoms. The SMILES string of the molecule is OCC#Cc1ccccc1OCc1ccc(F)cc1Cl. The van der Waals surface area contributed by atoms with Gasteiger partial charge in [-0.25, -0.2) is 4.39 Å². The Kier molecular flexibility index (Phi) is 5.00. The van der Waals surface area contributed by atoms with Gasteiger partial charge in [0.25, 0.3) is 0 Å². The van der Waals surface area contributed by atoms with Gasteiger partial charge in [0, 0.05) is 5.56 Å². The number of hydrogen-bond donors (Lipinski definition) is 1. The van der Waals surface area contributed by atoms with Crippen LogP contribution in [0, 0.1) is 17.7 Å². The Morgan fingerprint density at radius 1 is 1.20 bits per heavy atom. The molecule has 2 aromatic rings. The highest BCUT2D eigenvalue weighted by Crippen LogP contribution is 2.22. The van der Waals surface area contributed by atoms with E-state index in [0.717, 1.165) is 0 Å². The average Bonchev–Trinajstić information content (AvgIpc) is 2.45. The van der Waals surface area contributed by atoms with Gasteiger partial charge >= 0.3 is 0 Å². The molecular formula is C16H12ClFO2. The summed E-state index contributed by atoms with van der Waals surface area (Å²) in [4.78, 5) is 0. The molecule has 2 rings (SSSR count). The van der Waals surface area contributed by atoms with Gasteiger partial charge in [-0.15, -0.1) is 0 Å². The van der Waals surface area contributed by atoms with Crippen LogP contribution in [0.5, 0.6) is 5.75 Å². The number of halogens is 2. The van der Waals surface area contributed by atoms with Gasteiger partial charge < -0.3 is 9.84 Å². The summed E-state index contributed by atoms with van der Waals surface area (Å²) in [5, 5.41) is 9.04. The van der Waals surface area contributed by atoms with Gasteiger partial charge in [-0.3, -0.25) is 0 Å². The molecule has 0 aliphatic rings. The minimum atomic E-state index is -0.382. The summed E-state index contributed by atoms with van der Waals surface area (Å²) in [5.74, 6) is 5.59. The minimum absolute atomic E-state index is 0.210. The normalized spacial score (nSPS) is 9.75. The maximum absolute atomic E-state index is 12.9. The maximum atomic E-state index is 12.9. The van der Waals surface area contributed by atoms with E-state index in [1.54, 1.807) is 18.2 Å². The van der Waals surface area contributed by atoms with E-state index in [0.29, 0.717) is 21.9 Å². The zero-order valence-electron chi connectivity index (χ0n) is 10.6. The third-order valence-electron chi connectivity index (χ3n) is 2.59. The molecule has 1 N–H and O–H groups in total. The summed E-state index contributed by atoms with van der Waals surface area (Å²) >= 11 is 5.94. The van der Waals surface area contributed by atoms with Crippen molar-refractivity contribution < 1.29 is 14.2 Å². The molecule has 0 atom stereocenters. The van der Waals surface area contributed by atoms with Crippen LogP contribution >= 0.6 is 11.6 Å². The molecule has 0 amide bonds. The maximum Gasteiger partial charge on any atom is 0.135 e. The number of aliphatic hydroxyl groups excluding tert-OH is 1. The number of hydrogen-bond acceptors (Lipinski definition) is 2. The molecule has 2 aromatic carbocycles. The topological polar surface area (TPSA) is 29.5 Å². The molecule has 0 bridgehead atoms. The first kappa shape index (κ1) is 14.4. The first-order valence-corrected chi connectivity index (χ1v) is 6.34. The Labute approximate surface area is 121 Å². The quantitative estimate of drug-likeness (QED) is 0.878. The van der Waals surface area contributed by atoms with Crippen LogP contribution in [0.1, 0.15) is 11.1 Å². The summed E-state index contributed by atoms with van der Waals surface area (Å²) in [6.07, 6.45) is 0. The van der Waals surface area contributed by atoms with Crippen LogP contribution in [0.2, 0.25) is 5.02 Å². The number of para-hydroxylation sites is 1. The number of ether oxygens (including phenoxy) is 1. The van der Waals surface area contributed by atoms with E-state index in [4.69, 9.17) is 21.4 Å². The summed E-state index contributed by atoms with van der Waals surface area (Å²) < 4.78 is 18.6. The number of aliphatic hydroxyl groups is 1. The highest BCUT2D eigenvalue weighted by atomic mass is 35.5. The van der Waals surface area contributed by atoms with E-state index in [-0.39, 0.29) is 19.0 Å². The molecular weight excluding hydrogens is 279 g/mol. The molecule has 0 heterocycles. The second-order valence-electron chi connectivity index (χ2n) is 3.98. The summed E-state index contributed by atoms with van der Waals surface area (Å²) in [5.41, 5.74) is 1.37. The Hall–Kier alpha value is -2.02. The van der Waals surface area contributed by atoms with Crippen LogP contribution in [0.25, 0.3) is 0 Å².